The third-order valence-electron chi connectivity index (χ3n) is 5.59. The Morgan fingerprint density at radius 3 is 2.20 bits per heavy atom. The van der Waals surface area contributed by atoms with Crippen LogP contribution >= 0.6 is 0 Å². The van der Waals surface area contributed by atoms with Gasteiger partial charge in [-0.05, 0) is 37.6 Å². The van der Waals surface area contributed by atoms with Crippen molar-refractivity contribution in [1.82, 2.24) is 4.31 Å². The van der Waals surface area contributed by atoms with E-state index in [1.54, 1.807) is 11.0 Å². The number of para-hydroxylation sites is 1. The van der Waals surface area contributed by atoms with E-state index in [1.807, 2.05) is 74.5 Å². The number of anilines is 1. The van der Waals surface area contributed by atoms with Crippen molar-refractivity contribution in [1.29, 1.82) is 0 Å². The minimum Gasteiger partial charge on any atom is -0.323 e. The molecule has 3 rings (SSSR count). The van der Waals surface area contributed by atoms with E-state index in [-0.39, 0.29) is 11.9 Å². The summed E-state index contributed by atoms with van der Waals surface area (Å²) in [5, 5.41) is 1.27. The Labute approximate surface area is 179 Å². The number of carbonyl (C=O) groups excluding carboxylic acids is 1. The molecular formula is C23H30N3O3S+. The average Bonchev–Trinajstić information content (AvgIpc) is 2.79. The summed E-state index contributed by atoms with van der Waals surface area (Å²) in [7, 11) is -3.47. The smallest absolute Gasteiger partial charge is 0.284 e. The standard InChI is InChI=1S/C23H29N3O3S/c1-3-26(22-12-8-5-9-13-22)23(27)20(2)24-15-17-25(18-16-24)30(28,29)19-14-21-10-6-4-7-11-21/h4-14,19-20H,3,15-18H2,1-2H3/p+1/b19-14+/t20-/m0/s1. The van der Waals surface area contributed by atoms with Crippen LogP contribution in [0.25, 0.3) is 6.08 Å². The summed E-state index contributed by atoms with van der Waals surface area (Å²) in [6.45, 7) is 6.54. The van der Waals surface area contributed by atoms with Gasteiger partial charge in [0.15, 0.2) is 6.04 Å². The summed E-state index contributed by atoms with van der Waals surface area (Å²) in [4.78, 5) is 16.0. The summed E-state index contributed by atoms with van der Waals surface area (Å²) in [6.07, 6.45) is 1.62. The minimum atomic E-state index is -3.47. The van der Waals surface area contributed by atoms with Crippen LogP contribution in [0.5, 0.6) is 0 Å². The van der Waals surface area contributed by atoms with Gasteiger partial charge in [-0.25, -0.2) is 8.42 Å². The van der Waals surface area contributed by atoms with Gasteiger partial charge in [0.2, 0.25) is 10.0 Å². The molecule has 0 spiro atoms. The van der Waals surface area contributed by atoms with Crippen molar-refractivity contribution in [2.45, 2.75) is 19.9 Å². The lowest BCUT2D eigenvalue weighted by Crippen LogP contribution is -3.19. The molecule has 7 heteroatoms. The first-order valence-corrected chi connectivity index (χ1v) is 11.9. The zero-order chi connectivity index (χ0) is 21.6. The van der Waals surface area contributed by atoms with Crippen molar-refractivity contribution >= 4 is 27.7 Å². The number of likely N-dealkylation sites (N-methyl/N-ethyl adjacent to an activating group) is 1. The van der Waals surface area contributed by atoms with Crippen molar-refractivity contribution in [3.63, 3.8) is 0 Å². The third-order valence-corrected chi connectivity index (χ3v) is 7.15. The SMILES string of the molecule is CCN(C(=O)[C@H](C)[NH+]1CCN(S(=O)(=O)/C=C/c2ccccc2)CC1)c1ccccc1. The fourth-order valence-electron chi connectivity index (χ4n) is 3.76. The molecule has 1 atom stereocenters. The summed E-state index contributed by atoms with van der Waals surface area (Å²) < 4.78 is 26.8. The lowest BCUT2D eigenvalue weighted by Gasteiger charge is -2.35. The number of hydrogen-bond acceptors (Lipinski definition) is 3. The zero-order valence-electron chi connectivity index (χ0n) is 17.6. The molecule has 0 aromatic heterocycles. The Balaban J connectivity index is 1.60. The van der Waals surface area contributed by atoms with Crippen molar-refractivity contribution in [2.75, 3.05) is 37.6 Å². The van der Waals surface area contributed by atoms with Crippen LogP contribution in [-0.4, -0.2) is 57.4 Å². The van der Waals surface area contributed by atoms with E-state index in [0.717, 1.165) is 16.2 Å². The van der Waals surface area contributed by atoms with E-state index in [4.69, 9.17) is 0 Å². The maximum atomic E-state index is 13.1. The monoisotopic (exact) mass is 428 g/mol. The van der Waals surface area contributed by atoms with Gasteiger partial charge in [-0.1, -0.05) is 48.5 Å². The number of piperazine rings is 1. The number of hydrogen-bond donors (Lipinski definition) is 1. The number of rotatable bonds is 7. The molecule has 0 unspecified atom stereocenters. The summed E-state index contributed by atoms with van der Waals surface area (Å²) >= 11 is 0. The zero-order valence-corrected chi connectivity index (χ0v) is 18.4. The second kappa shape index (κ2) is 10.0. The highest BCUT2D eigenvalue weighted by Crippen LogP contribution is 2.14. The summed E-state index contributed by atoms with van der Waals surface area (Å²) in [6, 6.07) is 18.8. The molecule has 0 bridgehead atoms. The highest BCUT2D eigenvalue weighted by Gasteiger charge is 2.34. The van der Waals surface area contributed by atoms with E-state index < -0.39 is 10.0 Å². The molecule has 1 fully saturated rings. The molecule has 160 valence electrons. The molecule has 1 amide bonds. The van der Waals surface area contributed by atoms with Gasteiger partial charge in [0.25, 0.3) is 5.91 Å². The molecule has 6 nitrogen and oxygen atoms in total. The van der Waals surface area contributed by atoms with Crippen molar-refractivity contribution in [3.8, 4) is 0 Å². The van der Waals surface area contributed by atoms with Crippen molar-refractivity contribution in [3.05, 3.63) is 71.6 Å². The maximum absolute atomic E-state index is 13.1. The molecule has 0 aliphatic carbocycles. The van der Waals surface area contributed by atoms with Crippen LogP contribution in [0.3, 0.4) is 0 Å². The minimum absolute atomic E-state index is 0.0685. The van der Waals surface area contributed by atoms with E-state index in [2.05, 4.69) is 0 Å². The lowest BCUT2D eigenvalue weighted by molar-refractivity contribution is -0.917. The molecule has 1 aliphatic rings. The topological polar surface area (TPSA) is 62.1 Å². The van der Waals surface area contributed by atoms with Crippen LogP contribution in [0.4, 0.5) is 5.69 Å². The molecule has 1 heterocycles. The second-order valence-corrected chi connectivity index (χ2v) is 9.27. The summed E-state index contributed by atoms with van der Waals surface area (Å²) in [5.74, 6) is 0.0685. The first kappa shape index (κ1) is 22.2. The van der Waals surface area contributed by atoms with Crippen LogP contribution < -0.4 is 9.80 Å². The van der Waals surface area contributed by atoms with E-state index >= 15 is 0 Å². The Morgan fingerprint density at radius 2 is 1.63 bits per heavy atom. The molecule has 0 saturated carbocycles. The predicted molar refractivity (Wildman–Crippen MR) is 121 cm³/mol. The highest BCUT2D eigenvalue weighted by molar-refractivity contribution is 7.92. The number of carbonyl (C=O) groups is 1. The van der Waals surface area contributed by atoms with Crippen molar-refractivity contribution in [2.24, 2.45) is 0 Å². The number of amides is 1. The molecule has 30 heavy (non-hydrogen) atoms. The van der Waals surface area contributed by atoms with Gasteiger partial charge in [-0.15, -0.1) is 0 Å². The van der Waals surface area contributed by atoms with Crippen LogP contribution in [0.15, 0.2) is 66.1 Å². The van der Waals surface area contributed by atoms with Gasteiger partial charge >= 0.3 is 0 Å². The Kier molecular flexibility index (Phi) is 7.42. The molecule has 0 radical (unpaired) electrons. The fourth-order valence-corrected chi connectivity index (χ4v) is 4.95. The molecule has 1 saturated heterocycles. The highest BCUT2D eigenvalue weighted by atomic mass is 32.2. The van der Waals surface area contributed by atoms with E-state index in [9.17, 15) is 13.2 Å². The predicted octanol–water partition coefficient (Wildman–Crippen LogP) is 1.63. The Bertz CT molecular complexity index is 954. The largest absolute Gasteiger partial charge is 0.323 e. The van der Waals surface area contributed by atoms with Gasteiger partial charge in [0, 0.05) is 17.6 Å². The number of sulfonamides is 1. The van der Waals surface area contributed by atoms with Gasteiger partial charge in [0.1, 0.15) is 0 Å². The number of quaternary nitrogens is 1. The van der Waals surface area contributed by atoms with Gasteiger partial charge < -0.3 is 9.80 Å². The average molecular weight is 429 g/mol. The molecule has 1 N–H and O–H groups in total. The Hall–Kier alpha value is -2.48. The van der Waals surface area contributed by atoms with Gasteiger partial charge in [-0.2, -0.15) is 4.31 Å². The maximum Gasteiger partial charge on any atom is 0.284 e. The van der Waals surface area contributed by atoms with Gasteiger partial charge in [0.05, 0.1) is 26.2 Å². The van der Waals surface area contributed by atoms with Gasteiger partial charge in [-0.3, -0.25) is 4.79 Å². The van der Waals surface area contributed by atoms with Crippen LogP contribution in [0.1, 0.15) is 19.4 Å². The first-order chi connectivity index (χ1) is 14.4. The molecular weight excluding hydrogens is 398 g/mol. The Morgan fingerprint density at radius 1 is 1.07 bits per heavy atom. The molecule has 2 aromatic rings. The fraction of sp³-hybridized carbons (Fsp3) is 0.348. The van der Waals surface area contributed by atoms with Crippen LogP contribution in [0, 0.1) is 0 Å². The normalized spacial score (nSPS) is 17.1. The van der Waals surface area contributed by atoms with E-state index in [0.29, 0.717) is 32.7 Å². The molecule has 1 aliphatic heterocycles. The first-order valence-electron chi connectivity index (χ1n) is 10.4. The van der Waals surface area contributed by atoms with Crippen LogP contribution in [-0.2, 0) is 14.8 Å². The molecule has 2 aromatic carbocycles. The number of nitrogens with zero attached hydrogens (tertiary/aromatic N) is 2. The number of nitrogens with one attached hydrogen (secondary N) is 1. The quantitative estimate of drug-likeness (QED) is 0.729. The number of benzene rings is 2. The lowest BCUT2D eigenvalue weighted by atomic mass is 10.2. The van der Waals surface area contributed by atoms with Crippen molar-refractivity contribution < 1.29 is 18.1 Å². The summed E-state index contributed by atoms with van der Waals surface area (Å²) in [5.41, 5.74) is 1.74. The van der Waals surface area contributed by atoms with E-state index in [1.165, 1.54) is 9.71 Å². The second-order valence-electron chi connectivity index (χ2n) is 7.46. The third kappa shape index (κ3) is 5.36. The van der Waals surface area contributed by atoms with Crippen LogP contribution in [0.2, 0.25) is 0 Å².